The smallest absolute Gasteiger partial charge is 0.169 e. The minimum Gasteiger partial charge on any atom is -0.317 e. The minimum absolute atomic E-state index is 0. The van der Waals surface area contributed by atoms with Gasteiger partial charge in [-0.2, -0.15) is 0 Å². The topological polar surface area (TPSA) is 29.1 Å². The molecule has 1 heterocycles. The minimum atomic E-state index is -1.02. The van der Waals surface area contributed by atoms with Gasteiger partial charge < -0.3 is 5.32 Å². The highest BCUT2D eigenvalue weighted by Crippen LogP contribution is 2.21. The summed E-state index contributed by atoms with van der Waals surface area (Å²) in [5.74, 6) is -2.44. The van der Waals surface area contributed by atoms with Gasteiger partial charge in [0.05, 0.1) is 5.56 Å². The Bertz CT molecular complexity index is 405. The molecule has 94 valence electrons. The van der Waals surface area contributed by atoms with E-state index in [4.69, 9.17) is 0 Å². The number of ketones is 1. The number of Topliss-reactive ketones (excluding diaryl/α,β-unsaturated/α-hetero) is 1. The highest BCUT2D eigenvalue weighted by molar-refractivity contribution is 5.98. The van der Waals surface area contributed by atoms with Crippen molar-refractivity contribution in [1.29, 1.82) is 0 Å². The van der Waals surface area contributed by atoms with Crippen molar-refractivity contribution in [3.05, 3.63) is 35.4 Å². The largest absolute Gasteiger partial charge is 0.317 e. The Morgan fingerprint density at radius 2 is 1.88 bits per heavy atom. The summed E-state index contributed by atoms with van der Waals surface area (Å²) in [6, 6.07) is 3.74. The van der Waals surface area contributed by atoms with Crippen molar-refractivity contribution in [2.45, 2.75) is 12.8 Å². The Labute approximate surface area is 105 Å². The lowest BCUT2D eigenvalue weighted by atomic mass is 9.89. The van der Waals surface area contributed by atoms with Crippen LogP contribution in [0.3, 0.4) is 0 Å². The molecule has 0 atom stereocenters. The lowest BCUT2D eigenvalue weighted by molar-refractivity contribution is 0.0890. The van der Waals surface area contributed by atoms with Gasteiger partial charge in [-0.1, -0.05) is 6.07 Å². The average molecular weight is 262 g/mol. The first kappa shape index (κ1) is 14.1. The molecular weight excluding hydrogens is 248 g/mol. The van der Waals surface area contributed by atoms with E-state index < -0.39 is 11.6 Å². The summed E-state index contributed by atoms with van der Waals surface area (Å²) >= 11 is 0. The van der Waals surface area contributed by atoms with Crippen molar-refractivity contribution >= 4 is 18.2 Å². The van der Waals surface area contributed by atoms with E-state index >= 15 is 0 Å². The van der Waals surface area contributed by atoms with Gasteiger partial charge in [0.25, 0.3) is 0 Å². The van der Waals surface area contributed by atoms with Crippen molar-refractivity contribution in [1.82, 2.24) is 5.32 Å². The van der Waals surface area contributed by atoms with Crippen molar-refractivity contribution in [3.8, 4) is 0 Å². The molecule has 1 aliphatic rings. The quantitative estimate of drug-likeness (QED) is 0.829. The Morgan fingerprint density at radius 1 is 1.24 bits per heavy atom. The molecule has 17 heavy (non-hydrogen) atoms. The molecule has 0 saturated carbocycles. The highest BCUT2D eigenvalue weighted by Gasteiger charge is 2.25. The lowest BCUT2D eigenvalue weighted by Crippen LogP contribution is -2.32. The fourth-order valence-corrected chi connectivity index (χ4v) is 2.00. The van der Waals surface area contributed by atoms with Gasteiger partial charge in [0.2, 0.25) is 0 Å². The Hall–Kier alpha value is -1.00. The predicted octanol–water partition coefficient (Wildman–Crippen LogP) is 2.57. The summed E-state index contributed by atoms with van der Waals surface area (Å²) in [6.07, 6.45) is 1.38. The van der Waals surface area contributed by atoms with Crippen molar-refractivity contribution in [2.75, 3.05) is 13.1 Å². The summed E-state index contributed by atoms with van der Waals surface area (Å²) in [5.41, 5.74) is -0.119. The molecule has 1 N–H and O–H groups in total. The van der Waals surface area contributed by atoms with E-state index in [9.17, 15) is 13.6 Å². The molecule has 2 rings (SSSR count). The average Bonchev–Trinajstić information content (AvgIpc) is 2.33. The van der Waals surface area contributed by atoms with E-state index in [1.807, 2.05) is 0 Å². The van der Waals surface area contributed by atoms with Crippen LogP contribution in [-0.2, 0) is 0 Å². The Kier molecular flexibility index (Phi) is 5.02. The highest BCUT2D eigenvalue weighted by atomic mass is 35.5. The maximum atomic E-state index is 13.4. The maximum Gasteiger partial charge on any atom is 0.169 e. The van der Waals surface area contributed by atoms with Crippen LogP contribution < -0.4 is 5.32 Å². The number of carbonyl (C=O) groups is 1. The third kappa shape index (κ3) is 3.01. The van der Waals surface area contributed by atoms with Crippen molar-refractivity contribution in [3.63, 3.8) is 0 Å². The first-order valence-electron chi connectivity index (χ1n) is 5.39. The zero-order valence-electron chi connectivity index (χ0n) is 9.21. The molecule has 0 amide bonds. The molecule has 0 aromatic heterocycles. The first-order valence-corrected chi connectivity index (χ1v) is 5.39. The van der Waals surface area contributed by atoms with Gasteiger partial charge in [0, 0.05) is 5.92 Å². The van der Waals surface area contributed by atoms with Crippen molar-refractivity contribution in [2.24, 2.45) is 5.92 Å². The van der Waals surface area contributed by atoms with Gasteiger partial charge in [-0.3, -0.25) is 4.79 Å². The number of nitrogens with one attached hydrogen (secondary N) is 1. The third-order valence-corrected chi connectivity index (χ3v) is 2.93. The fourth-order valence-electron chi connectivity index (χ4n) is 2.00. The normalized spacial score (nSPS) is 16.4. The van der Waals surface area contributed by atoms with Gasteiger partial charge >= 0.3 is 0 Å². The second kappa shape index (κ2) is 6.07. The van der Waals surface area contributed by atoms with E-state index in [2.05, 4.69) is 5.32 Å². The van der Waals surface area contributed by atoms with Gasteiger partial charge in [0.15, 0.2) is 17.4 Å². The van der Waals surface area contributed by atoms with E-state index in [1.54, 1.807) is 0 Å². The number of rotatable bonds is 2. The summed E-state index contributed by atoms with van der Waals surface area (Å²) in [4.78, 5) is 11.9. The molecule has 1 aromatic carbocycles. The van der Waals surface area contributed by atoms with Gasteiger partial charge in [-0.15, -0.1) is 12.4 Å². The standard InChI is InChI=1S/C12H13F2NO.ClH/c13-10-3-1-2-9(11(10)14)12(16)8-4-6-15-7-5-8;/h1-3,8,15H,4-7H2;1H. The van der Waals surface area contributed by atoms with Crippen LogP contribution in [0.5, 0.6) is 0 Å². The van der Waals surface area contributed by atoms with Gasteiger partial charge in [-0.25, -0.2) is 8.78 Å². The molecule has 0 bridgehead atoms. The Morgan fingerprint density at radius 3 is 2.53 bits per heavy atom. The molecule has 0 radical (unpaired) electrons. The number of piperidine rings is 1. The zero-order valence-corrected chi connectivity index (χ0v) is 10.0. The Balaban J connectivity index is 0.00000144. The molecule has 1 saturated heterocycles. The number of benzene rings is 1. The van der Waals surface area contributed by atoms with Crippen LogP contribution in [0.15, 0.2) is 18.2 Å². The first-order chi connectivity index (χ1) is 7.70. The second-order valence-electron chi connectivity index (χ2n) is 3.99. The molecule has 0 aliphatic carbocycles. The molecule has 1 aliphatic heterocycles. The predicted molar refractivity (Wildman–Crippen MR) is 63.5 cm³/mol. The third-order valence-electron chi connectivity index (χ3n) is 2.93. The molecular formula is C12H14ClF2NO. The maximum absolute atomic E-state index is 13.4. The molecule has 0 unspecified atom stereocenters. The molecule has 1 fully saturated rings. The van der Waals surface area contributed by atoms with Crippen LogP contribution in [-0.4, -0.2) is 18.9 Å². The van der Waals surface area contributed by atoms with Crippen LogP contribution >= 0.6 is 12.4 Å². The lowest BCUT2D eigenvalue weighted by Gasteiger charge is -2.21. The number of carbonyl (C=O) groups excluding carboxylic acids is 1. The SMILES string of the molecule is Cl.O=C(c1cccc(F)c1F)C1CCNCC1. The van der Waals surface area contributed by atoms with Crippen LogP contribution in [0, 0.1) is 17.6 Å². The van der Waals surface area contributed by atoms with E-state index in [0.717, 1.165) is 19.2 Å². The van der Waals surface area contributed by atoms with Gasteiger partial charge in [0.1, 0.15) is 0 Å². The number of hydrogen-bond acceptors (Lipinski definition) is 2. The molecule has 5 heteroatoms. The molecule has 0 spiro atoms. The van der Waals surface area contributed by atoms with E-state index in [0.29, 0.717) is 12.8 Å². The summed E-state index contributed by atoms with van der Waals surface area (Å²) < 4.78 is 26.4. The number of hydrogen-bond donors (Lipinski definition) is 1. The monoisotopic (exact) mass is 261 g/mol. The van der Waals surface area contributed by atoms with E-state index in [-0.39, 0.29) is 29.7 Å². The zero-order chi connectivity index (χ0) is 11.5. The molecule has 1 aromatic rings. The van der Waals surface area contributed by atoms with Crippen LogP contribution in [0.1, 0.15) is 23.2 Å². The fraction of sp³-hybridized carbons (Fsp3) is 0.417. The summed E-state index contributed by atoms with van der Waals surface area (Å²) in [6.45, 7) is 1.51. The molecule has 2 nitrogen and oxygen atoms in total. The van der Waals surface area contributed by atoms with Crippen LogP contribution in [0.4, 0.5) is 8.78 Å². The second-order valence-corrected chi connectivity index (χ2v) is 3.99. The van der Waals surface area contributed by atoms with Crippen LogP contribution in [0.2, 0.25) is 0 Å². The summed E-state index contributed by atoms with van der Waals surface area (Å²) in [7, 11) is 0. The summed E-state index contributed by atoms with van der Waals surface area (Å²) in [5, 5.41) is 3.13. The van der Waals surface area contributed by atoms with Gasteiger partial charge in [-0.05, 0) is 38.1 Å². The van der Waals surface area contributed by atoms with E-state index in [1.165, 1.54) is 12.1 Å². The van der Waals surface area contributed by atoms with Crippen LogP contribution in [0.25, 0.3) is 0 Å². The number of halogens is 3. The van der Waals surface area contributed by atoms with Crippen molar-refractivity contribution < 1.29 is 13.6 Å².